The molecule has 1 aliphatic heterocycles. The van der Waals surface area contributed by atoms with Crippen molar-refractivity contribution in [3.8, 4) is 11.5 Å². The van der Waals surface area contributed by atoms with Crippen LogP contribution in [0, 0.1) is 23.2 Å². The van der Waals surface area contributed by atoms with Crippen LogP contribution in [-0.2, 0) is 4.79 Å². The Bertz CT molecular complexity index is 729. The molecule has 1 heterocycles. The molecule has 4 nitrogen and oxygen atoms in total. The van der Waals surface area contributed by atoms with Crippen LogP contribution in [0.1, 0.15) is 55.9 Å². The van der Waals surface area contributed by atoms with E-state index in [1.807, 2.05) is 30.0 Å². The molecule has 1 aromatic rings. The molecule has 1 unspecified atom stereocenters. The highest BCUT2D eigenvalue weighted by atomic mass is 32.2. The number of carbonyl (C=O) groups is 1. The summed E-state index contributed by atoms with van der Waals surface area (Å²) in [5.41, 5.74) is 1.35. The van der Waals surface area contributed by atoms with E-state index in [-0.39, 0.29) is 5.37 Å². The van der Waals surface area contributed by atoms with Crippen LogP contribution in [0.5, 0.6) is 11.5 Å². The first-order valence-corrected chi connectivity index (χ1v) is 11.8. The SMILES string of the molecule is COc1ccc(OC)c(C2SCCN2C(=O)CC23CC4CC(CC(C4)C2)C3)c1. The Kier molecular flexibility index (Phi) is 4.77. The molecule has 5 aliphatic rings. The van der Waals surface area contributed by atoms with Gasteiger partial charge in [-0.25, -0.2) is 0 Å². The van der Waals surface area contributed by atoms with Gasteiger partial charge in [-0.15, -0.1) is 11.8 Å². The smallest absolute Gasteiger partial charge is 0.224 e. The summed E-state index contributed by atoms with van der Waals surface area (Å²) in [6.45, 7) is 0.834. The Morgan fingerprint density at radius 2 is 1.79 bits per heavy atom. The highest BCUT2D eigenvalue weighted by molar-refractivity contribution is 7.99. The van der Waals surface area contributed by atoms with Gasteiger partial charge in [0.15, 0.2) is 0 Å². The minimum atomic E-state index is 0.0338. The van der Waals surface area contributed by atoms with Gasteiger partial charge in [-0.3, -0.25) is 4.79 Å². The Morgan fingerprint density at radius 1 is 1.11 bits per heavy atom. The van der Waals surface area contributed by atoms with Crippen LogP contribution in [0.2, 0.25) is 0 Å². The summed E-state index contributed by atoms with van der Waals surface area (Å²) >= 11 is 1.84. The number of carbonyl (C=O) groups excluding carboxylic acids is 1. The predicted octanol–water partition coefficient (Wildman–Crippen LogP) is 4.88. The van der Waals surface area contributed by atoms with Crippen molar-refractivity contribution >= 4 is 17.7 Å². The number of ether oxygens (including phenoxy) is 2. The first-order valence-electron chi connectivity index (χ1n) is 10.7. The van der Waals surface area contributed by atoms with Gasteiger partial charge in [0.05, 0.1) is 14.2 Å². The van der Waals surface area contributed by atoms with Gasteiger partial charge in [0, 0.05) is 24.3 Å². The van der Waals surface area contributed by atoms with Crippen LogP contribution in [0.4, 0.5) is 0 Å². The molecule has 4 aliphatic carbocycles. The van der Waals surface area contributed by atoms with E-state index in [0.29, 0.717) is 11.3 Å². The van der Waals surface area contributed by atoms with Crippen LogP contribution < -0.4 is 9.47 Å². The average molecular weight is 402 g/mol. The molecule has 0 N–H and O–H groups in total. The maximum Gasteiger partial charge on any atom is 0.224 e. The lowest BCUT2D eigenvalue weighted by Crippen LogP contribution is -2.48. The number of rotatable bonds is 5. The van der Waals surface area contributed by atoms with E-state index in [9.17, 15) is 4.79 Å². The fraction of sp³-hybridized carbons (Fsp3) is 0.696. The van der Waals surface area contributed by atoms with Gasteiger partial charge in [-0.05, 0) is 79.9 Å². The minimum absolute atomic E-state index is 0.0338. The Hall–Kier alpha value is -1.36. The molecule has 1 amide bonds. The molecule has 1 saturated heterocycles. The van der Waals surface area contributed by atoms with Crippen molar-refractivity contribution in [1.29, 1.82) is 0 Å². The third-order valence-electron chi connectivity index (χ3n) is 7.61. The van der Waals surface area contributed by atoms with Crippen molar-refractivity contribution in [2.24, 2.45) is 23.2 Å². The molecule has 28 heavy (non-hydrogen) atoms. The molecule has 0 aromatic heterocycles. The maximum absolute atomic E-state index is 13.5. The van der Waals surface area contributed by atoms with Gasteiger partial charge in [-0.1, -0.05) is 0 Å². The van der Waals surface area contributed by atoms with E-state index in [1.165, 1.54) is 38.5 Å². The summed E-state index contributed by atoms with van der Waals surface area (Å²) in [6, 6.07) is 5.91. The van der Waals surface area contributed by atoms with Crippen molar-refractivity contribution < 1.29 is 14.3 Å². The fourth-order valence-electron chi connectivity index (χ4n) is 6.94. The summed E-state index contributed by atoms with van der Waals surface area (Å²) in [7, 11) is 3.38. The third kappa shape index (κ3) is 3.20. The van der Waals surface area contributed by atoms with Crippen LogP contribution in [0.15, 0.2) is 18.2 Å². The van der Waals surface area contributed by atoms with E-state index < -0.39 is 0 Å². The lowest BCUT2D eigenvalue weighted by Gasteiger charge is -2.57. The van der Waals surface area contributed by atoms with Crippen LogP contribution in [0.25, 0.3) is 0 Å². The zero-order chi connectivity index (χ0) is 19.3. The molecule has 5 heteroatoms. The molecule has 4 saturated carbocycles. The quantitative estimate of drug-likeness (QED) is 0.705. The first-order chi connectivity index (χ1) is 13.6. The number of amides is 1. The first kappa shape index (κ1) is 18.7. The normalized spacial score (nSPS) is 36.0. The highest BCUT2D eigenvalue weighted by Gasteiger charge is 2.52. The van der Waals surface area contributed by atoms with Gasteiger partial charge in [-0.2, -0.15) is 0 Å². The zero-order valence-corrected chi connectivity index (χ0v) is 17.8. The standard InChI is InChI=1S/C23H31NO3S/c1-26-18-3-4-20(27-2)19(10-18)22-24(5-6-28-22)21(25)14-23-11-15-7-16(12-23)9-17(8-15)13-23/h3-4,10,15-17,22H,5-9,11-14H2,1-2H3. The molecule has 0 spiro atoms. The van der Waals surface area contributed by atoms with Crippen LogP contribution >= 0.6 is 11.8 Å². The number of nitrogens with zero attached hydrogens (tertiary/aromatic N) is 1. The summed E-state index contributed by atoms with van der Waals surface area (Å²) in [6.07, 6.45) is 8.90. The number of hydrogen-bond donors (Lipinski definition) is 0. The monoisotopic (exact) mass is 401 g/mol. The van der Waals surface area contributed by atoms with Crippen molar-refractivity contribution in [3.63, 3.8) is 0 Å². The van der Waals surface area contributed by atoms with Gasteiger partial charge in [0.25, 0.3) is 0 Å². The number of benzene rings is 1. The Morgan fingerprint density at radius 3 is 2.39 bits per heavy atom. The molecule has 4 bridgehead atoms. The lowest BCUT2D eigenvalue weighted by molar-refractivity contribution is -0.139. The van der Waals surface area contributed by atoms with E-state index in [1.54, 1.807) is 14.2 Å². The molecule has 5 fully saturated rings. The van der Waals surface area contributed by atoms with E-state index in [4.69, 9.17) is 9.47 Å². The zero-order valence-electron chi connectivity index (χ0n) is 17.0. The van der Waals surface area contributed by atoms with Crippen molar-refractivity contribution in [2.75, 3.05) is 26.5 Å². The van der Waals surface area contributed by atoms with E-state index in [0.717, 1.165) is 53.5 Å². The Balaban J connectivity index is 1.37. The number of hydrogen-bond acceptors (Lipinski definition) is 4. The number of thioether (sulfide) groups is 1. The van der Waals surface area contributed by atoms with E-state index in [2.05, 4.69) is 4.90 Å². The van der Waals surface area contributed by atoms with Crippen molar-refractivity contribution in [2.45, 2.75) is 50.3 Å². The Labute approximate surface area is 172 Å². The molecule has 0 radical (unpaired) electrons. The molecule has 1 atom stereocenters. The predicted molar refractivity (Wildman–Crippen MR) is 112 cm³/mol. The molecule has 152 valence electrons. The maximum atomic E-state index is 13.5. The summed E-state index contributed by atoms with van der Waals surface area (Å²) in [4.78, 5) is 15.6. The largest absolute Gasteiger partial charge is 0.497 e. The van der Waals surface area contributed by atoms with Crippen molar-refractivity contribution in [1.82, 2.24) is 4.90 Å². The second-order valence-electron chi connectivity index (χ2n) is 9.51. The fourth-order valence-corrected chi connectivity index (χ4v) is 8.24. The van der Waals surface area contributed by atoms with Crippen LogP contribution in [-0.4, -0.2) is 37.3 Å². The summed E-state index contributed by atoms with van der Waals surface area (Å²) < 4.78 is 11.0. The van der Waals surface area contributed by atoms with Gasteiger partial charge in [0.2, 0.25) is 5.91 Å². The average Bonchev–Trinajstić information content (AvgIpc) is 3.16. The highest BCUT2D eigenvalue weighted by Crippen LogP contribution is 2.61. The second kappa shape index (κ2) is 7.16. The molecular formula is C23H31NO3S. The molecular weight excluding hydrogens is 370 g/mol. The third-order valence-corrected chi connectivity index (χ3v) is 8.85. The summed E-state index contributed by atoms with van der Waals surface area (Å²) in [5.74, 6) is 5.66. The van der Waals surface area contributed by atoms with Crippen molar-refractivity contribution in [3.05, 3.63) is 23.8 Å². The van der Waals surface area contributed by atoms with Gasteiger partial charge in [0.1, 0.15) is 16.9 Å². The second-order valence-corrected chi connectivity index (χ2v) is 10.7. The molecule has 6 rings (SSSR count). The van der Waals surface area contributed by atoms with Gasteiger partial charge < -0.3 is 14.4 Å². The minimum Gasteiger partial charge on any atom is -0.497 e. The topological polar surface area (TPSA) is 38.8 Å². The van der Waals surface area contributed by atoms with Gasteiger partial charge >= 0.3 is 0 Å². The molecule has 1 aromatic carbocycles. The summed E-state index contributed by atoms with van der Waals surface area (Å²) in [5, 5.41) is 0.0338. The lowest BCUT2D eigenvalue weighted by atomic mass is 9.49. The number of methoxy groups -OCH3 is 2. The van der Waals surface area contributed by atoms with E-state index >= 15 is 0 Å². The van der Waals surface area contributed by atoms with Crippen LogP contribution in [0.3, 0.4) is 0 Å².